The standard InChI is InChI=1S/C11H16F3NO3S/c12-11(13,14)19-5-4-15-9(16)7-2-1-3-8(6-7)10(17)18/h7-8H,1-6H2,(H,15,16)(H,17,18). The van der Waals surface area contributed by atoms with Gasteiger partial charge in [0.25, 0.3) is 0 Å². The normalized spacial score (nSPS) is 23.9. The van der Waals surface area contributed by atoms with Crippen LogP contribution in [0.15, 0.2) is 0 Å². The first-order chi connectivity index (χ1) is 8.79. The van der Waals surface area contributed by atoms with Gasteiger partial charge in [-0.05, 0) is 31.0 Å². The van der Waals surface area contributed by atoms with Crippen LogP contribution in [0.2, 0.25) is 0 Å². The number of alkyl halides is 3. The smallest absolute Gasteiger partial charge is 0.441 e. The number of halogens is 3. The van der Waals surface area contributed by atoms with E-state index in [1.54, 1.807) is 0 Å². The lowest BCUT2D eigenvalue weighted by Crippen LogP contribution is -2.36. The SMILES string of the molecule is O=C(O)C1CCCC(C(=O)NCCSC(F)(F)F)C1. The molecule has 8 heteroatoms. The molecule has 4 nitrogen and oxygen atoms in total. The summed E-state index contributed by atoms with van der Waals surface area (Å²) in [5.74, 6) is -2.40. The van der Waals surface area contributed by atoms with Gasteiger partial charge in [-0.15, -0.1) is 0 Å². The average molecular weight is 299 g/mol. The van der Waals surface area contributed by atoms with E-state index in [1.807, 2.05) is 0 Å². The molecule has 1 saturated carbocycles. The minimum absolute atomic E-state index is 0.0583. The predicted octanol–water partition coefficient (Wildman–Crippen LogP) is 2.25. The van der Waals surface area contributed by atoms with Crippen molar-refractivity contribution in [2.75, 3.05) is 12.3 Å². The van der Waals surface area contributed by atoms with Gasteiger partial charge in [-0.2, -0.15) is 13.2 Å². The number of nitrogens with one attached hydrogen (secondary N) is 1. The van der Waals surface area contributed by atoms with E-state index in [1.165, 1.54) is 0 Å². The van der Waals surface area contributed by atoms with Crippen molar-refractivity contribution in [3.05, 3.63) is 0 Å². The third kappa shape index (κ3) is 6.17. The predicted molar refractivity (Wildman–Crippen MR) is 64.6 cm³/mol. The van der Waals surface area contributed by atoms with E-state index in [-0.39, 0.29) is 36.4 Å². The van der Waals surface area contributed by atoms with E-state index in [0.717, 1.165) is 0 Å². The molecular weight excluding hydrogens is 283 g/mol. The van der Waals surface area contributed by atoms with Gasteiger partial charge in [0.2, 0.25) is 5.91 Å². The highest BCUT2D eigenvalue weighted by Gasteiger charge is 2.31. The van der Waals surface area contributed by atoms with Gasteiger partial charge < -0.3 is 10.4 Å². The summed E-state index contributed by atoms with van der Waals surface area (Å²) in [6.07, 6.45) is 2.09. The first-order valence-corrected chi connectivity index (χ1v) is 6.99. The summed E-state index contributed by atoms with van der Waals surface area (Å²) in [4.78, 5) is 22.5. The van der Waals surface area contributed by atoms with Crippen LogP contribution in [0.25, 0.3) is 0 Å². The fourth-order valence-electron chi connectivity index (χ4n) is 2.14. The molecule has 0 spiro atoms. The Labute approximate surface area is 113 Å². The second-order valence-corrected chi connectivity index (χ2v) is 5.64. The first kappa shape index (κ1) is 16.1. The number of carbonyl (C=O) groups is 2. The Kier molecular flexibility index (Phi) is 5.96. The Bertz CT molecular complexity index is 336. The topological polar surface area (TPSA) is 66.4 Å². The summed E-state index contributed by atoms with van der Waals surface area (Å²) in [6, 6.07) is 0. The quantitative estimate of drug-likeness (QED) is 0.764. The molecule has 0 heterocycles. The third-order valence-electron chi connectivity index (χ3n) is 3.06. The van der Waals surface area contributed by atoms with E-state index in [0.29, 0.717) is 19.3 Å². The number of carbonyl (C=O) groups excluding carboxylic acids is 1. The zero-order valence-electron chi connectivity index (χ0n) is 10.2. The summed E-state index contributed by atoms with van der Waals surface area (Å²) < 4.78 is 35.6. The number of amides is 1. The number of hydrogen-bond donors (Lipinski definition) is 2. The van der Waals surface area contributed by atoms with Gasteiger partial charge in [0.1, 0.15) is 0 Å². The third-order valence-corrected chi connectivity index (χ3v) is 3.80. The van der Waals surface area contributed by atoms with Gasteiger partial charge in [-0.25, -0.2) is 0 Å². The van der Waals surface area contributed by atoms with E-state index in [4.69, 9.17) is 5.11 Å². The number of thioether (sulfide) groups is 1. The van der Waals surface area contributed by atoms with Crippen LogP contribution in [0.1, 0.15) is 25.7 Å². The van der Waals surface area contributed by atoms with Crippen molar-refractivity contribution in [2.45, 2.75) is 31.2 Å². The second-order valence-electron chi connectivity index (χ2n) is 4.48. The van der Waals surface area contributed by atoms with Crippen molar-refractivity contribution in [1.29, 1.82) is 0 Å². The summed E-state index contributed by atoms with van der Waals surface area (Å²) in [6.45, 7) is -0.0583. The second kappa shape index (κ2) is 7.02. The molecule has 2 unspecified atom stereocenters. The fourth-order valence-corrected chi connectivity index (χ4v) is 2.57. The number of rotatable bonds is 5. The number of carboxylic acid groups (broad SMARTS) is 1. The molecule has 0 aromatic carbocycles. The van der Waals surface area contributed by atoms with Crippen LogP contribution in [0.4, 0.5) is 13.2 Å². The molecule has 1 fully saturated rings. The largest absolute Gasteiger partial charge is 0.481 e. The molecule has 0 aromatic heterocycles. The Hall–Kier alpha value is -0.920. The van der Waals surface area contributed by atoms with Crippen LogP contribution in [0.5, 0.6) is 0 Å². The van der Waals surface area contributed by atoms with Gasteiger partial charge in [0, 0.05) is 18.2 Å². The summed E-state index contributed by atoms with van der Waals surface area (Å²) in [5.41, 5.74) is -4.29. The monoisotopic (exact) mass is 299 g/mol. The maximum Gasteiger partial charge on any atom is 0.441 e. The summed E-state index contributed by atoms with van der Waals surface area (Å²) in [7, 11) is 0. The molecule has 1 rings (SSSR count). The Balaban J connectivity index is 2.27. The minimum Gasteiger partial charge on any atom is -0.481 e. The van der Waals surface area contributed by atoms with Crippen molar-refractivity contribution in [3.63, 3.8) is 0 Å². The lowest BCUT2D eigenvalue weighted by Gasteiger charge is -2.25. The highest BCUT2D eigenvalue weighted by atomic mass is 32.2. The highest BCUT2D eigenvalue weighted by molar-refractivity contribution is 8.00. The van der Waals surface area contributed by atoms with Gasteiger partial charge >= 0.3 is 11.5 Å². The maximum absolute atomic E-state index is 11.9. The Morgan fingerprint density at radius 3 is 2.47 bits per heavy atom. The molecule has 1 aliphatic rings. The maximum atomic E-state index is 11.9. The molecule has 2 N–H and O–H groups in total. The molecule has 19 heavy (non-hydrogen) atoms. The molecule has 0 saturated heterocycles. The number of carboxylic acids is 1. The van der Waals surface area contributed by atoms with Crippen molar-refractivity contribution in [1.82, 2.24) is 5.32 Å². The van der Waals surface area contributed by atoms with Crippen molar-refractivity contribution in [2.24, 2.45) is 11.8 Å². The summed E-state index contributed by atoms with van der Waals surface area (Å²) in [5, 5.41) is 11.3. The fraction of sp³-hybridized carbons (Fsp3) is 0.818. The molecule has 0 aliphatic heterocycles. The van der Waals surface area contributed by atoms with E-state index in [9.17, 15) is 22.8 Å². The van der Waals surface area contributed by atoms with E-state index in [2.05, 4.69) is 5.32 Å². The molecule has 0 radical (unpaired) electrons. The number of hydrogen-bond acceptors (Lipinski definition) is 3. The minimum atomic E-state index is -4.29. The van der Waals surface area contributed by atoms with E-state index >= 15 is 0 Å². The van der Waals surface area contributed by atoms with Crippen LogP contribution >= 0.6 is 11.8 Å². The molecule has 0 aromatic rings. The van der Waals surface area contributed by atoms with Crippen molar-refractivity contribution < 1.29 is 27.9 Å². The molecule has 1 amide bonds. The first-order valence-electron chi connectivity index (χ1n) is 6.01. The zero-order chi connectivity index (χ0) is 14.5. The van der Waals surface area contributed by atoms with Gasteiger partial charge in [0.15, 0.2) is 0 Å². The van der Waals surface area contributed by atoms with Gasteiger partial charge in [0.05, 0.1) is 5.92 Å². The van der Waals surface area contributed by atoms with Gasteiger partial charge in [-0.3, -0.25) is 9.59 Å². The molecule has 2 atom stereocenters. The zero-order valence-corrected chi connectivity index (χ0v) is 11.0. The van der Waals surface area contributed by atoms with Gasteiger partial charge in [-0.1, -0.05) is 6.42 Å². The van der Waals surface area contributed by atoms with Crippen molar-refractivity contribution >= 4 is 23.6 Å². The number of aliphatic carboxylic acids is 1. The molecule has 1 aliphatic carbocycles. The van der Waals surface area contributed by atoms with Crippen LogP contribution in [-0.2, 0) is 9.59 Å². The van der Waals surface area contributed by atoms with Crippen LogP contribution < -0.4 is 5.32 Å². The van der Waals surface area contributed by atoms with Crippen molar-refractivity contribution in [3.8, 4) is 0 Å². The van der Waals surface area contributed by atoms with Crippen LogP contribution in [-0.4, -0.2) is 34.8 Å². The lowest BCUT2D eigenvalue weighted by molar-refractivity contribution is -0.144. The van der Waals surface area contributed by atoms with Crippen LogP contribution in [0, 0.1) is 11.8 Å². The van der Waals surface area contributed by atoms with E-state index < -0.39 is 23.3 Å². The Morgan fingerprint density at radius 2 is 1.89 bits per heavy atom. The average Bonchev–Trinajstić information content (AvgIpc) is 2.33. The molecular formula is C11H16F3NO3S. The highest BCUT2D eigenvalue weighted by Crippen LogP contribution is 2.30. The Morgan fingerprint density at radius 1 is 1.26 bits per heavy atom. The molecule has 0 bridgehead atoms. The summed E-state index contributed by atoms with van der Waals surface area (Å²) >= 11 is -0.181. The molecule has 110 valence electrons. The lowest BCUT2D eigenvalue weighted by atomic mass is 9.81. The van der Waals surface area contributed by atoms with Crippen LogP contribution in [0.3, 0.4) is 0 Å².